The largest absolute Gasteiger partial charge is 0.289 e. The molecule has 25 heavy (non-hydrogen) atoms. The lowest BCUT2D eigenvalue weighted by atomic mass is 9.99. The Bertz CT molecular complexity index is 929. The van der Waals surface area contributed by atoms with Crippen molar-refractivity contribution >= 4 is 5.91 Å². The van der Waals surface area contributed by atoms with E-state index in [4.69, 9.17) is 0 Å². The van der Waals surface area contributed by atoms with Crippen LogP contribution < -0.4 is 0 Å². The van der Waals surface area contributed by atoms with Crippen molar-refractivity contribution in [2.24, 2.45) is 0 Å². The summed E-state index contributed by atoms with van der Waals surface area (Å²) in [6.45, 7) is 0. The smallest absolute Gasteiger partial charge is 0.261 e. The Hall–Kier alpha value is -3.39. The Kier molecular flexibility index (Phi) is 4.01. The summed E-state index contributed by atoms with van der Waals surface area (Å²) in [5.41, 5.74) is 4.98. The molecule has 1 aromatic heterocycles. The molecular weight excluding hydrogens is 306 g/mol. The van der Waals surface area contributed by atoms with Gasteiger partial charge in [0.25, 0.3) is 5.91 Å². The number of benzene rings is 3. The molecule has 0 spiro atoms. The van der Waals surface area contributed by atoms with Crippen LogP contribution in [-0.2, 0) is 0 Å². The number of nitrogens with zero attached hydrogens (tertiary/aromatic N) is 1. The molecule has 2 heteroatoms. The van der Waals surface area contributed by atoms with Gasteiger partial charge in [-0.2, -0.15) is 0 Å². The van der Waals surface area contributed by atoms with Crippen LogP contribution in [0.1, 0.15) is 10.4 Å². The van der Waals surface area contributed by atoms with Crippen molar-refractivity contribution < 1.29 is 4.79 Å². The molecule has 0 fully saturated rings. The Morgan fingerprint density at radius 1 is 0.560 bits per heavy atom. The van der Waals surface area contributed by atoms with Crippen LogP contribution in [0.25, 0.3) is 22.3 Å². The van der Waals surface area contributed by atoms with Gasteiger partial charge in [-0.3, -0.25) is 9.36 Å². The summed E-state index contributed by atoms with van der Waals surface area (Å²) in [5, 5.41) is 0. The third-order valence-corrected chi connectivity index (χ3v) is 4.25. The molecule has 0 saturated carbocycles. The Labute approximate surface area is 147 Å². The minimum Gasteiger partial charge on any atom is -0.289 e. The summed E-state index contributed by atoms with van der Waals surface area (Å²) < 4.78 is 1.68. The standard InChI is InChI=1S/C23H17NO/c25-23(20-14-8-3-9-15-20)24-16-21(18-10-4-1-5-11-18)22(17-24)19-12-6-2-7-13-19/h1-17H. The van der Waals surface area contributed by atoms with Gasteiger partial charge in [0.2, 0.25) is 0 Å². The molecule has 4 rings (SSSR count). The lowest BCUT2D eigenvalue weighted by Gasteiger charge is -2.03. The van der Waals surface area contributed by atoms with Gasteiger partial charge in [0, 0.05) is 29.1 Å². The molecule has 120 valence electrons. The fourth-order valence-corrected chi connectivity index (χ4v) is 3.00. The highest BCUT2D eigenvalue weighted by Gasteiger charge is 2.15. The summed E-state index contributed by atoms with van der Waals surface area (Å²) >= 11 is 0. The van der Waals surface area contributed by atoms with E-state index in [2.05, 4.69) is 24.3 Å². The highest BCUT2D eigenvalue weighted by atomic mass is 16.2. The summed E-state index contributed by atoms with van der Waals surface area (Å²) in [6.07, 6.45) is 3.85. The number of hydrogen-bond donors (Lipinski definition) is 0. The lowest BCUT2D eigenvalue weighted by molar-refractivity contribution is 0.0960. The summed E-state index contributed by atoms with van der Waals surface area (Å²) in [7, 11) is 0. The fraction of sp³-hybridized carbons (Fsp3) is 0. The second-order valence-corrected chi connectivity index (χ2v) is 5.90. The number of rotatable bonds is 3. The first-order chi connectivity index (χ1) is 12.3. The van der Waals surface area contributed by atoms with Crippen LogP contribution in [0, 0.1) is 0 Å². The predicted molar refractivity (Wildman–Crippen MR) is 101 cm³/mol. The van der Waals surface area contributed by atoms with Gasteiger partial charge in [0.15, 0.2) is 0 Å². The van der Waals surface area contributed by atoms with Crippen LogP contribution in [0.15, 0.2) is 103 Å². The van der Waals surface area contributed by atoms with E-state index in [0.717, 1.165) is 22.3 Å². The zero-order valence-electron chi connectivity index (χ0n) is 13.7. The molecule has 0 amide bonds. The highest BCUT2D eigenvalue weighted by molar-refractivity contribution is 5.98. The first-order valence-electron chi connectivity index (χ1n) is 8.25. The van der Waals surface area contributed by atoms with E-state index in [0.29, 0.717) is 5.56 Å². The quantitative estimate of drug-likeness (QED) is 0.487. The molecule has 0 aliphatic heterocycles. The van der Waals surface area contributed by atoms with Crippen LogP contribution >= 0.6 is 0 Å². The molecule has 3 aromatic carbocycles. The predicted octanol–water partition coefficient (Wildman–Crippen LogP) is 5.51. The van der Waals surface area contributed by atoms with Gasteiger partial charge < -0.3 is 0 Å². The Balaban J connectivity index is 1.86. The molecule has 0 N–H and O–H groups in total. The molecule has 0 saturated heterocycles. The topological polar surface area (TPSA) is 22.0 Å². The normalized spacial score (nSPS) is 10.6. The van der Waals surface area contributed by atoms with Crippen molar-refractivity contribution in [1.82, 2.24) is 4.57 Å². The zero-order valence-corrected chi connectivity index (χ0v) is 13.7. The van der Waals surface area contributed by atoms with Gasteiger partial charge in [-0.05, 0) is 23.3 Å². The molecular formula is C23H17NO. The molecule has 0 aliphatic carbocycles. The van der Waals surface area contributed by atoms with Gasteiger partial charge >= 0.3 is 0 Å². The average Bonchev–Trinajstić information content (AvgIpc) is 3.15. The molecule has 0 bridgehead atoms. The molecule has 2 nitrogen and oxygen atoms in total. The van der Waals surface area contributed by atoms with Gasteiger partial charge in [-0.1, -0.05) is 78.9 Å². The maximum Gasteiger partial charge on any atom is 0.261 e. The van der Waals surface area contributed by atoms with Crippen molar-refractivity contribution in [3.05, 3.63) is 109 Å². The fourth-order valence-electron chi connectivity index (χ4n) is 3.00. The first kappa shape index (κ1) is 15.2. The second-order valence-electron chi connectivity index (χ2n) is 5.90. The van der Waals surface area contributed by atoms with Crippen molar-refractivity contribution in [2.45, 2.75) is 0 Å². The summed E-state index contributed by atoms with van der Waals surface area (Å²) in [4.78, 5) is 12.8. The monoisotopic (exact) mass is 323 g/mol. The Morgan fingerprint density at radius 2 is 0.960 bits per heavy atom. The van der Waals surface area contributed by atoms with E-state index < -0.39 is 0 Å². The lowest BCUT2D eigenvalue weighted by Crippen LogP contribution is -2.09. The van der Waals surface area contributed by atoms with E-state index in [1.807, 2.05) is 79.1 Å². The third kappa shape index (κ3) is 3.02. The maximum atomic E-state index is 12.8. The van der Waals surface area contributed by atoms with Gasteiger partial charge in [0.05, 0.1) is 0 Å². The van der Waals surface area contributed by atoms with Crippen LogP contribution in [0.2, 0.25) is 0 Å². The van der Waals surface area contributed by atoms with Crippen LogP contribution in [0.4, 0.5) is 0 Å². The third-order valence-electron chi connectivity index (χ3n) is 4.25. The van der Waals surface area contributed by atoms with Crippen molar-refractivity contribution in [3.8, 4) is 22.3 Å². The van der Waals surface area contributed by atoms with E-state index in [1.165, 1.54) is 0 Å². The van der Waals surface area contributed by atoms with Gasteiger partial charge in [-0.15, -0.1) is 0 Å². The van der Waals surface area contributed by atoms with Crippen molar-refractivity contribution in [3.63, 3.8) is 0 Å². The van der Waals surface area contributed by atoms with Gasteiger partial charge in [-0.25, -0.2) is 0 Å². The van der Waals surface area contributed by atoms with E-state index in [9.17, 15) is 4.79 Å². The molecule has 4 aromatic rings. The molecule has 0 aliphatic rings. The molecule has 0 radical (unpaired) electrons. The average molecular weight is 323 g/mol. The zero-order chi connectivity index (χ0) is 17.1. The molecule has 1 heterocycles. The molecule has 0 unspecified atom stereocenters. The first-order valence-corrected chi connectivity index (χ1v) is 8.25. The maximum absolute atomic E-state index is 12.8. The van der Waals surface area contributed by atoms with Crippen LogP contribution in [0.3, 0.4) is 0 Å². The van der Waals surface area contributed by atoms with Crippen LogP contribution in [0.5, 0.6) is 0 Å². The van der Waals surface area contributed by atoms with Crippen LogP contribution in [-0.4, -0.2) is 10.5 Å². The second kappa shape index (κ2) is 6.62. The number of hydrogen-bond acceptors (Lipinski definition) is 1. The minimum atomic E-state index is -0.0278. The number of aromatic nitrogens is 1. The molecule has 0 atom stereocenters. The van der Waals surface area contributed by atoms with E-state index >= 15 is 0 Å². The number of carbonyl (C=O) groups is 1. The van der Waals surface area contributed by atoms with E-state index in [-0.39, 0.29) is 5.91 Å². The van der Waals surface area contributed by atoms with E-state index in [1.54, 1.807) is 4.57 Å². The van der Waals surface area contributed by atoms with Crippen molar-refractivity contribution in [1.29, 1.82) is 0 Å². The Morgan fingerprint density at radius 3 is 1.40 bits per heavy atom. The number of carbonyl (C=O) groups excluding carboxylic acids is 1. The summed E-state index contributed by atoms with van der Waals surface area (Å²) in [5.74, 6) is -0.0278. The van der Waals surface area contributed by atoms with Gasteiger partial charge in [0.1, 0.15) is 0 Å². The summed E-state index contributed by atoms with van der Waals surface area (Å²) in [6, 6.07) is 29.7. The SMILES string of the molecule is O=C(c1ccccc1)n1cc(-c2ccccc2)c(-c2ccccc2)c1. The minimum absolute atomic E-state index is 0.0278. The van der Waals surface area contributed by atoms with Crippen molar-refractivity contribution in [2.75, 3.05) is 0 Å². The highest BCUT2D eigenvalue weighted by Crippen LogP contribution is 2.33.